The molecule has 4 atom stereocenters. The Morgan fingerprint density at radius 2 is 1.64 bits per heavy atom. The number of nitrogens with zero attached hydrogens (tertiary/aromatic N) is 1. The van der Waals surface area contributed by atoms with Gasteiger partial charge < -0.3 is 10.1 Å². The number of benzene rings is 1. The summed E-state index contributed by atoms with van der Waals surface area (Å²) in [6.45, 7) is 2.83. The van der Waals surface area contributed by atoms with Crippen LogP contribution in [-0.4, -0.2) is 41.7 Å². The zero-order chi connectivity index (χ0) is 20.0. The molecule has 2 fully saturated rings. The Bertz CT molecular complexity index is 856. The molecule has 1 aromatic rings. The van der Waals surface area contributed by atoms with Gasteiger partial charge in [0.15, 0.2) is 6.61 Å². The molecule has 3 amide bonds. The Morgan fingerprint density at radius 1 is 1.07 bits per heavy atom. The minimum Gasteiger partial charge on any atom is -0.454 e. The molecule has 0 aromatic heterocycles. The molecule has 1 saturated carbocycles. The minimum absolute atomic E-state index is 0.0931. The smallest absolute Gasteiger partial charge is 0.326 e. The first-order chi connectivity index (χ1) is 13.4. The average molecular weight is 382 g/mol. The van der Waals surface area contributed by atoms with Crippen LogP contribution in [0.5, 0.6) is 0 Å². The summed E-state index contributed by atoms with van der Waals surface area (Å²) in [5.74, 6) is -2.34. The SMILES string of the molecule is Cc1cccc(C)c1NC(=O)COC(=O)CN1C(=O)[C@@H]2[C@@H](C1=O)[C@H]1C=C[C@H]2C1. The number of likely N-dealkylation sites (tertiary alicyclic amines) is 1. The predicted molar refractivity (Wildman–Crippen MR) is 99.9 cm³/mol. The molecular weight excluding hydrogens is 360 g/mol. The molecule has 2 bridgehead atoms. The molecule has 1 aromatic carbocycles. The number of hydrogen-bond donors (Lipinski definition) is 1. The molecule has 0 spiro atoms. The number of allylic oxidation sites excluding steroid dienone is 2. The number of carbonyl (C=O) groups is 4. The fraction of sp³-hybridized carbons (Fsp3) is 0.429. The number of para-hydroxylation sites is 1. The van der Waals surface area contributed by atoms with Crippen molar-refractivity contribution in [3.63, 3.8) is 0 Å². The third-order valence-electron chi connectivity index (χ3n) is 5.96. The largest absolute Gasteiger partial charge is 0.454 e. The molecule has 3 aliphatic rings. The lowest BCUT2D eigenvalue weighted by molar-refractivity contribution is -0.154. The van der Waals surface area contributed by atoms with Gasteiger partial charge in [0.05, 0.1) is 11.8 Å². The highest BCUT2D eigenvalue weighted by atomic mass is 16.5. The van der Waals surface area contributed by atoms with E-state index < -0.39 is 25.0 Å². The van der Waals surface area contributed by atoms with Gasteiger partial charge in [-0.25, -0.2) is 0 Å². The molecule has 0 unspecified atom stereocenters. The van der Waals surface area contributed by atoms with Crippen LogP contribution in [0.3, 0.4) is 0 Å². The lowest BCUT2D eigenvalue weighted by atomic mass is 9.85. The quantitative estimate of drug-likeness (QED) is 0.474. The Labute approximate surface area is 162 Å². The maximum atomic E-state index is 12.6. The van der Waals surface area contributed by atoms with Crippen molar-refractivity contribution in [2.75, 3.05) is 18.5 Å². The Morgan fingerprint density at radius 3 is 2.21 bits per heavy atom. The molecule has 1 heterocycles. The zero-order valence-electron chi connectivity index (χ0n) is 15.8. The van der Waals surface area contributed by atoms with E-state index in [2.05, 4.69) is 5.32 Å². The van der Waals surface area contributed by atoms with Gasteiger partial charge >= 0.3 is 5.97 Å². The van der Waals surface area contributed by atoms with Crippen molar-refractivity contribution in [2.45, 2.75) is 20.3 Å². The molecule has 2 aliphatic carbocycles. The van der Waals surface area contributed by atoms with Crippen molar-refractivity contribution in [2.24, 2.45) is 23.7 Å². The number of amides is 3. The van der Waals surface area contributed by atoms with Crippen LogP contribution >= 0.6 is 0 Å². The van der Waals surface area contributed by atoms with Gasteiger partial charge in [0.2, 0.25) is 11.8 Å². The van der Waals surface area contributed by atoms with Gasteiger partial charge in [0.25, 0.3) is 5.91 Å². The van der Waals surface area contributed by atoms with Crippen molar-refractivity contribution < 1.29 is 23.9 Å². The van der Waals surface area contributed by atoms with E-state index in [1.807, 2.05) is 44.2 Å². The second kappa shape index (κ2) is 6.89. The summed E-state index contributed by atoms with van der Waals surface area (Å²) in [4.78, 5) is 50.3. The number of esters is 1. The van der Waals surface area contributed by atoms with Crippen LogP contribution in [0.4, 0.5) is 5.69 Å². The maximum Gasteiger partial charge on any atom is 0.326 e. The van der Waals surface area contributed by atoms with Gasteiger partial charge in [-0.05, 0) is 43.2 Å². The minimum atomic E-state index is -0.765. The van der Waals surface area contributed by atoms with E-state index in [9.17, 15) is 19.2 Å². The van der Waals surface area contributed by atoms with Gasteiger partial charge in [-0.2, -0.15) is 0 Å². The lowest BCUT2D eigenvalue weighted by Gasteiger charge is -2.16. The molecule has 4 rings (SSSR count). The molecule has 1 N–H and O–H groups in total. The number of rotatable bonds is 5. The van der Waals surface area contributed by atoms with E-state index in [1.165, 1.54) is 0 Å². The Balaban J connectivity index is 1.31. The van der Waals surface area contributed by atoms with E-state index in [0.29, 0.717) is 5.69 Å². The van der Waals surface area contributed by atoms with Crippen molar-refractivity contribution in [1.82, 2.24) is 4.90 Å². The number of fused-ring (bicyclic) bond motifs is 5. The second-order valence-corrected chi connectivity index (χ2v) is 7.74. The summed E-state index contributed by atoms with van der Waals surface area (Å²) in [5, 5.41) is 2.73. The molecule has 7 heteroatoms. The van der Waals surface area contributed by atoms with E-state index in [-0.39, 0.29) is 35.5 Å². The summed E-state index contributed by atoms with van der Waals surface area (Å²) in [7, 11) is 0. The number of imide groups is 1. The Hall–Kier alpha value is -2.96. The second-order valence-electron chi connectivity index (χ2n) is 7.74. The number of anilines is 1. The first kappa shape index (κ1) is 18.4. The van der Waals surface area contributed by atoms with E-state index in [4.69, 9.17) is 4.74 Å². The van der Waals surface area contributed by atoms with Crippen molar-refractivity contribution in [3.8, 4) is 0 Å². The number of nitrogens with one attached hydrogen (secondary N) is 1. The van der Waals surface area contributed by atoms with Gasteiger partial charge in [0, 0.05) is 5.69 Å². The van der Waals surface area contributed by atoms with Crippen LogP contribution in [0.15, 0.2) is 30.4 Å². The molecular formula is C21H22N2O5. The van der Waals surface area contributed by atoms with Crippen molar-refractivity contribution in [1.29, 1.82) is 0 Å². The summed E-state index contributed by atoms with van der Waals surface area (Å²) >= 11 is 0. The number of aryl methyl sites for hydroxylation is 2. The molecule has 28 heavy (non-hydrogen) atoms. The van der Waals surface area contributed by atoms with Gasteiger partial charge in [-0.3, -0.25) is 24.1 Å². The Kier molecular flexibility index (Phi) is 4.53. The fourth-order valence-electron chi connectivity index (χ4n) is 4.63. The first-order valence-corrected chi connectivity index (χ1v) is 9.42. The van der Waals surface area contributed by atoms with Gasteiger partial charge in [-0.1, -0.05) is 30.4 Å². The molecule has 7 nitrogen and oxygen atoms in total. The van der Waals surface area contributed by atoms with Crippen LogP contribution in [0.2, 0.25) is 0 Å². The van der Waals surface area contributed by atoms with Gasteiger partial charge in [-0.15, -0.1) is 0 Å². The third-order valence-corrected chi connectivity index (χ3v) is 5.96. The van der Waals surface area contributed by atoms with E-state index >= 15 is 0 Å². The zero-order valence-corrected chi connectivity index (χ0v) is 15.8. The molecule has 146 valence electrons. The summed E-state index contributed by atoms with van der Waals surface area (Å²) in [6, 6.07) is 5.64. The topological polar surface area (TPSA) is 92.8 Å². The number of ether oxygens (including phenoxy) is 1. The lowest BCUT2D eigenvalue weighted by Crippen LogP contribution is -2.38. The van der Waals surface area contributed by atoms with Crippen molar-refractivity contribution in [3.05, 3.63) is 41.5 Å². The van der Waals surface area contributed by atoms with Crippen LogP contribution < -0.4 is 5.32 Å². The standard InChI is InChI=1S/C21H22N2O5/c1-11-4-3-5-12(2)19(11)22-15(24)10-28-16(25)9-23-20(26)17-13-6-7-14(8-13)18(17)21(23)27/h3-7,13-14,17-18H,8-10H2,1-2H3,(H,22,24)/t13-,14-,17-,18-/m0/s1. The van der Waals surface area contributed by atoms with Crippen LogP contribution in [-0.2, 0) is 23.9 Å². The molecule has 1 aliphatic heterocycles. The summed E-state index contributed by atoms with van der Waals surface area (Å²) in [6.07, 6.45) is 4.83. The predicted octanol–water partition coefficient (Wildman–Crippen LogP) is 1.59. The summed E-state index contributed by atoms with van der Waals surface area (Å²) < 4.78 is 4.99. The van der Waals surface area contributed by atoms with Crippen LogP contribution in [0, 0.1) is 37.5 Å². The highest BCUT2D eigenvalue weighted by Gasteiger charge is 2.59. The maximum absolute atomic E-state index is 12.6. The normalized spacial score (nSPS) is 27.3. The summed E-state index contributed by atoms with van der Waals surface area (Å²) in [5.41, 5.74) is 2.50. The number of hydrogen-bond acceptors (Lipinski definition) is 5. The average Bonchev–Trinajstić information content (AvgIpc) is 3.33. The third kappa shape index (κ3) is 3.00. The monoisotopic (exact) mass is 382 g/mol. The molecule has 0 radical (unpaired) electrons. The van der Waals surface area contributed by atoms with E-state index in [0.717, 1.165) is 22.4 Å². The van der Waals surface area contributed by atoms with Gasteiger partial charge in [0.1, 0.15) is 6.54 Å². The highest BCUT2D eigenvalue weighted by molar-refractivity contribution is 6.08. The fourth-order valence-corrected chi connectivity index (χ4v) is 4.63. The highest BCUT2D eigenvalue weighted by Crippen LogP contribution is 2.52. The van der Waals surface area contributed by atoms with Crippen molar-refractivity contribution >= 4 is 29.4 Å². The molecule has 1 saturated heterocycles. The van der Waals surface area contributed by atoms with Crippen LogP contribution in [0.1, 0.15) is 17.5 Å². The van der Waals surface area contributed by atoms with Crippen LogP contribution in [0.25, 0.3) is 0 Å². The van der Waals surface area contributed by atoms with E-state index in [1.54, 1.807) is 0 Å². The first-order valence-electron chi connectivity index (χ1n) is 9.42. The number of carbonyl (C=O) groups excluding carboxylic acids is 4.